The van der Waals surface area contributed by atoms with Crippen LogP contribution < -0.4 is 0 Å². The minimum Gasteiger partial charge on any atom is -0.472 e. The molecule has 2 heterocycles. The Morgan fingerprint density at radius 1 is 1.55 bits per heavy atom. The summed E-state index contributed by atoms with van der Waals surface area (Å²) in [6, 6.07) is 1.74. The molecule has 0 aromatic carbocycles. The lowest BCUT2D eigenvalue weighted by molar-refractivity contribution is -0.140. The summed E-state index contributed by atoms with van der Waals surface area (Å²) >= 11 is 0. The van der Waals surface area contributed by atoms with Gasteiger partial charge in [0.2, 0.25) is 0 Å². The fourth-order valence-corrected chi connectivity index (χ4v) is 0.891. The number of carbonyl (C=O) groups excluding carboxylic acids is 1. The van der Waals surface area contributed by atoms with E-state index in [0.717, 1.165) is 5.56 Å². The number of carbonyl (C=O) groups is 1. The van der Waals surface area contributed by atoms with Gasteiger partial charge in [-0.3, -0.25) is 0 Å². The first-order chi connectivity index (χ1) is 5.36. The molecule has 0 N–H and O–H groups in total. The lowest BCUT2D eigenvalue weighted by Gasteiger charge is -1.84. The maximum Gasteiger partial charge on any atom is 0.341 e. The molecule has 0 bridgehead atoms. The van der Waals surface area contributed by atoms with Crippen molar-refractivity contribution in [3.05, 3.63) is 24.2 Å². The quantitative estimate of drug-likeness (QED) is 0.561. The molecule has 0 amide bonds. The van der Waals surface area contributed by atoms with Crippen molar-refractivity contribution in [2.45, 2.75) is 6.42 Å². The fraction of sp³-hybridized carbons (Fsp3) is 0.143. The van der Waals surface area contributed by atoms with Gasteiger partial charge in [-0.15, -0.1) is 0 Å². The Balaban J connectivity index is 2.26. The first kappa shape index (κ1) is 6.15. The zero-order valence-electron chi connectivity index (χ0n) is 5.61. The summed E-state index contributed by atoms with van der Waals surface area (Å²) < 4.78 is 4.81. The van der Waals surface area contributed by atoms with Gasteiger partial charge in [0.15, 0.2) is 0 Å². The van der Waals surface area contributed by atoms with Crippen LogP contribution in [0.15, 0.2) is 28.2 Å². The highest BCUT2D eigenvalue weighted by Gasteiger charge is 2.19. The molecule has 0 unspecified atom stereocenters. The van der Waals surface area contributed by atoms with Gasteiger partial charge in [0.1, 0.15) is 5.71 Å². The molecule has 1 aromatic rings. The van der Waals surface area contributed by atoms with Crippen LogP contribution in [0.25, 0.3) is 0 Å². The second-order valence-corrected chi connectivity index (χ2v) is 2.19. The number of oxime groups is 1. The van der Waals surface area contributed by atoms with Crippen LogP contribution in [0.1, 0.15) is 12.0 Å². The summed E-state index contributed by atoms with van der Waals surface area (Å²) in [7, 11) is 0. The van der Waals surface area contributed by atoms with Crippen LogP contribution in [0, 0.1) is 0 Å². The van der Waals surface area contributed by atoms with Gasteiger partial charge >= 0.3 is 5.97 Å². The summed E-state index contributed by atoms with van der Waals surface area (Å²) in [5, 5.41) is 3.57. The third-order valence-electron chi connectivity index (χ3n) is 1.42. The molecule has 2 rings (SSSR count). The Labute approximate surface area is 62.4 Å². The molecular formula is C7H5NO3. The van der Waals surface area contributed by atoms with Crippen LogP contribution in [0.3, 0.4) is 0 Å². The molecule has 0 atom stereocenters. The number of nitrogens with zero attached hydrogens (tertiary/aromatic N) is 1. The van der Waals surface area contributed by atoms with Crippen molar-refractivity contribution in [3.63, 3.8) is 0 Å². The molecule has 1 aliphatic rings. The van der Waals surface area contributed by atoms with E-state index in [1.165, 1.54) is 12.5 Å². The topological polar surface area (TPSA) is 51.8 Å². The molecule has 4 nitrogen and oxygen atoms in total. The number of rotatable bonds is 1. The Morgan fingerprint density at radius 2 is 2.45 bits per heavy atom. The molecule has 11 heavy (non-hydrogen) atoms. The maximum atomic E-state index is 10.6. The second kappa shape index (κ2) is 2.23. The molecule has 0 saturated heterocycles. The number of hydrogen-bond donors (Lipinski definition) is 0. The highest BCUT2D eigenvalue weighted by atomic mass is 16.7. The zero-order chi connectivity index (χ0) is 7.68. The molecule has 0 saturated carbocycles. The van der Waals surface area contributed by atoms with Gasteiger partial charge in [-0.25, -0.2) is 4.79 Å². The van der Waals surface area contributed by atoms with Crippen molar-refractivity contribution in [1.82, 2.24) is 0 Å². The molecule has 4 heteroatoms. The molecular weight excluding hydrogens is 146 g/mol. The van der Waals surface area contributed by atoms with Gasteiger partial charge in [-0.1, -0.05) is 5.16 Å². The minimum atomic E-state index is -0.318. The third kappa shape index (κ3) is 1.02. The first-order valence-corrected chi connectivity index (χ1v) is 3.15. The van der Waals surface area contributed by atoms with Crippen LogP contribution in [0.4, 0.5) is 0 Å². The first-order valence-electron chi connectivity index (χ1n) is 3.15. The van der Waals surface area contributed by atoms with Crippen molar-refractivity contribution in [1.29, 1.82) is 0 Å². The van der Waals surface area contributed by atoms with Gasteiger partial charge in [0.25, 0.3) is 0 Å². The third-order valence-corrected chi connectivity index (χ3v) is 1.42. The van der Waals surface area contributed by atoms with E-state index in [2.05, 4.69) is 9.99 Å². The molecule has 1 aliphatic heterocycles. The van der Waals surface area contributed by atoms with E-state index in [0.29, 0.717) is 5.71 Å². The van der Waals surface area contributed by atoms with Crippen LogP contribution in [0.2, 0.25) is 0 Å². The highest BCUT2D eigenvalue weighted by Crippen LogP contribution is 2.11. The van der Waals surface area contributed by atoms with E-state index < -0.39 is 0 Å². The maximum absolute atomic E-state index is 10.6. The minimum absolute atomic E-state index is 0.236. The molecule has 0 fully saturated rings. The largest absolute Gasteiger partial charge is 0.472 e. The fourth-order valence-electron chi connectivity index (χ4n) is 0.891. The van der Waals surface area contributed by atoms with E-state index >= 15 is 0 Å². The van der Waals surface area contributed by atoms with Gasteiger partial charge < -0.3 is 9.25 Å². The normalized spacial score (nSPS) is 16.4. The average Bonchev–Trinajstić information content (AvgIpc) is 2.55. The second-order valence-electron chi connectivity index (χ2n) is 2.19. The predicted octanol–water partition coefficient (Wildman–Crippen LogP) is 0.931. The highest BCUT2D eigenvalue weighted by molar-refractivity contribution is 6.11. The molecule has 0 spiro atoms. The monoisotopic (exact) mass is 151 g/mol. The van der Waals surface area contributed by atoms with Crippen molar-refractivity contribution in [2.24, 2.45) is 5.16 Å². The Morgan fingerprint density at radius 3 is 3.00 bits per heavy atom. The van der Waals surface area contributed by atoms with Crippen LogP contribution in [-0.4, -0.2) is 11.7 Å². The summed E-state index contributed by atoms with van der Waals surface area (Å²) in [6.07, 6.45) is 3.29. The number of hydrogen-bond acceptors (Lipinski definition) is 4. The van der Waals surface area contributed by atoms with Crippen molar-refractivity contribution < 1.29 is 14.0 Å². The van der Waals surface area contributed by atoms with Crippen LogP contribution in [-0.2, 0) is 9.63 Å². The van der Waals surface area contributed by atoms with E-state index in [1.807, 2.05) is 0 Å². The lowest BCUT2D eigenvalue weighted by Crippen LogP contribution is -1.98. The summed E-state index contributed by atoms with van der Waals surface area (Å²) in [5.41, 5.74) is 1.43. The Bertz CT molecular complexity index is 299. The van der Waals surface area contributed by atoms with E-state index in [-0.39, 0.29) is 12.4 Å². The van der Waals surface area contributed by atoms with Gasteiger partial charge in [-0.2, -0.15) is 0 Å². The number of furan rings is 1. The van der Waals surface area contributed by atoms with Crippen molar-refractivity contribution in [2.75, 3.05) is 0 Å². The summed E-state index contributed by atoms with van der Waals surface area (Å²) in [4.78, 5) is 15.0. The summed E-state index contributed by atoms with van der Waals surface area (Å²) in [5.74, 6) is -0.318. The van der Waals surface area contributed by atoms with Gasteiger partial charge in [-0.05, 0) is 6.07 Å². The van der Waals surface area contributed by atoms with Crippen LogP contribution >= 0.6 is 0 Å². The average molecular weight is 151 g/mol. The molecule has 1 aromatic heterocycles. The standard InChI is InChI=1S/C7H5NO3/c9-7-3-6(8-11-7)5-1-2-10-4-5/h1-2,4H,3H2. The Kier molecular flexibility index (Phi) is 1.25. The Hall–Kier alpha value is -1.58. The van der Waals surface area contributed by atoms with Crippen molar-refractivity contribution in [3.8, 4) is 0 Å². The molecule has 0 radical (unpaired) electrons. The smallest absolute Gasteiger partial charge is 0.341 e. The van der Waals surface area contributed by atoms with Crippen molar-refractivity contribution >= 4 is 11.7 Å². The summed E-state index contributed by atoms with van der Waals surface area (Å²) in [6.45, 7) is 0. The van der Waals surface area contributed by atoms with Gasteiger partial charge in [0.05, 0.1) is 18.9 Å². The molecule has 56 valence electrons. The van der Waals surface area contributed by atoms with Crippen LogP contribution in [0.5, 0.6) is 0 Å². The van der Waals surface area contributed by atoms with Gasteiger partial charge in [0, 0.05) is 5.56 Å². The zero-order valence-corrected chi connectivity index (χ0v) is 5.61. The van der Waals surface area contributed by atoms with E-state index in [1.54, 1.807) is 6.07 Å². The molecule has 0 aliphatic carbocycles. The lowest BCUT2D eigenvalue weighted by atomic mass is 10.2. The predicted molar refractivity (Wildman–Crippen MR) is 36.0 cm³/mol. The SMILES string of the molecule is O=C1CC(c2ccoc2)=NO1. The van der Waals surface area contributed by atoms with E-state index in [9.17, 15) is 4.79 Å². The van der Waals surface area contributed by atoms with E-state index in [4.69, 9.17) is 4.42 Å².